The third-order valence-electron chi connectivity index (χ3n) is 10.8. The van der Waals surface area contributed by atoms with Crippen molar-refractivity contribution in [2.45, 2.75) is 62.7 Å². The molecule has 1 spiro atoms. The van der Waals surface area contributed by atoms with Crippen molar-refractivity contribution >= 4 is 37.3 Å². The van der Waals surface area contributed by atoms with Crippen molar-refractivity contribution in [1.29, 1.82) is 0 Å². The largest absolute Gasteiger partial charge is 0.395 e. The lowest BCUT2D eigenvalue weighted by molar-refractivity contribution is -0.385. The van der Waals surface area contributed by atoms with Crippen molar-refractivity contribution in [2.75, 3.05) is 36.0 Å². The van der Waals surface area contributed by atoms with Gasteiger partial charge in [-0.3, -0.25) is 24.4 Å². The number of aromatic nitrogens is 3. The molecule has 4 aromatic rings. The zero-order valence-corrected chi connectivity index (χ0v) is 30.3. The molecule has 4 heterocycles. The zero-order valence-electron chi connectivity index (χ0n) is 29.3. The minimum atomic E-state index is -3.50. The van der Waals surface area contributed by atoms with E-state index in [1.54, 1.807) is 39.8 Å². The van der Waals surface area contributed by atoms with Gasteiger partial charge in [0, 0.05) is 60.7 Å². The standard InChI is InChI=1S/C37H42FN7O6Si/c1-24-35(52(2,3)38)33(15-17-42-22-31(40-41-42)29(23-46)26-7-5-4-6-8-26)51-37(24)30-19-28(45(49)50)13-14-32(30)44(36(37)48)21-25-9-11-27(12-10-25)43-18-16-39-20-34(43)47/h4-14,19,22,24,29,33,35,39,46H,15-18,20-21,23H2,1-3H3/t24-,29?,33+,35-,37+/m1/s1. The summed E-state index contributed by atoms with van der Waals surface area (Å²) < 4.78 is 24.9. The fraction of sp³-hybridized carbons (Fsp3) is 0.405. The van der Waals surface area contributed by atoms with Gasteiger partial charge in [0.05, 0.1) is 48.0 Å². The van der Waals surface area contributed by atoms with Crippen molar-refractivity contribution < 1.29 is 28.5 Å². The number of rotatable bonds is 11. The van der Waals surface area contributed by atoms with E-state index in [1.807, 2.05) is 61.5 Å². The van der Waals surface area contributed by atoms with Crippen LogP contribution in [0.3, 0.4) is 0 Å². The molecule has 1 aromatic heterocycles. The van der Waals surface area contributed by atoms with Crippen LogP contribution < -0.4 is 15.1 Å². The molecular weight excluding hydrogens is 686 g/mol. The molecule has 15 heteroatoms. The number of aryl methyl sites for hydroxylation is 1. The monoisotopic (exact) mass is 727 g/mol. The molecule has 5 atom stereocenters. The fourth-order valence-electron chi connectivity index (χ4n) is 8.32. The second kappa shape index (κ2) is 14.0. The maximum absolute atomic E-state index is 16.4. The van der Waals surface area contributed by atoms with Crippen molar-refractivity contribution in [2.24, 2.45) is 5.92 Å². The highest BCUT2D eigenvalue weighted by Crippen LogP contribution is 2.60. The summed E-state index contributed by atoms with van der Waals surface area (Å²) in [4.78, 5) is 42.0. The molecule has 1 unspecified atom stereocenters. The number of hydrogen-bond donors (Lipinski definition) is 2. The molecule has 2 fully saturated rings. The number of piperazine rings is 1. The first-order valence-electron chi connectivity index (χ1n) is 17.6. The first-order chi connectivity index (χ1) is 24.9. The molecule has 0 aliphatic carbocycles. The summed E-state index contributed by atoms with van der Waals surface area (Å²) in [5.74, 6) is -1.40. The minimum Gasteiger partial charge on any atom is -0.395 e. The Morgan fingerprint density at radius 1 is 1.13 bits per heavy atom. The van der Waals surface area contributed by atoms with E-state index >= 15 is 4.11 Å². The third-order valence-corrected chi connectivity index (χ3v) is 13.2. The summed E-state index contributed by atoms with van der Waals surface area (Å²) in [7, 11) is -3.50. The highest BCUT2D eigenvalue weighted by molar-refractivity contribution is 6.72. The molecule has 0 radical (unpaired) electrons. The van der Waals surface area contributed by atoms with Crippen LogP contribution in [0.25, 0.3) is 0 Å². The predicted molar refractivity (Wildman–Crippen MR) is 194 cm³/mol. The highest BCUT2D eigenvalue weighted by Gasteiger charge is 2.66. The van der Waals surface area contributed by atoms with Crippen LogP contribution in [0, 0.1) is 16.0 Å². The number of hydrogen-bond acceptors (Lipinski definition) is 9. The molecule has 7 rings (SSSR count). The molecule has 2 saturated heterocycles. The number of benzene rings is 3. The molecular formula is C37H42FN7O6Si. The molecule has 272 valence electrons. The van der Waals surface area contributed by atoms with Crippen LogP contribution in [0.15, 0.2) is 79.0 Å². The molecule has 52 heavy (non-hydrogen) atoms. The number of nitro benzene ring substituents is 1. The smallest absolute Gasteiger partial charge is 0.269 e. The predicted octanol–water partition coefficient (Wildman–Crippen LogP) is 4.66. The molecule has 0 saturated carbocycles. The Morgan fingerprint density at radius 3 is 2.56 bits per heavy atom. The lowest BCUT2D eigenvalue weighted by atomic mass is 9.82. The Labute approximate surface area is 301 Å². The van der Waals surface area contributed by atoms with Crippen molar-refractivity contribution in [3.05, 3.63) is 111 Å². The quantitative estimate of drug-likeness (QED) is 0.0972. The molecule has 2 N–H and O–H groups in total. The number of ether oxygens (including phenoxy) is 1. The number of non-ortho nitro benzene ring substituents is 1. The second-order valence-electron chi connectivity index (χ2n) is 14.4. The van der Waals surface area contributed by atoms with Crippen LogP contribution in [-0.4, -0.2) is 77.6 Å². The fourth-order valence-corrected chi connectivity index (χ4v) is 10.9. The van der Waals surface area contributed by atoms with E-state index in [0.29, 0.717) is 43.0 Å². The average Bonchev–Trinajstić information content (AvgIpc) is 3.78. The van der Waals surface area contributed by atoms with Crippen LogP contribution in [0.5, 0.6) is 0 Å². The Morgan fingerprint density at radius 2 is 1.88 bits per heavy atom. The Kier molecular flexibility index (Phi) is 9.54. The lowest BCUT2D eigenvalue weighted by Gasteiger charge is -2.31. The van der Waals surface area contributed by atoms with E-state index in [4.69, 9.17) is 4.74 Å². The first-order valence-corrected chi connectivity index (χ1v) is 20.5. The van der Waals surface area contributed by atoms with E-state index in [1.165, 1.54) is 12.1 Å². The number of aliphatic hydroxyl groups excluding tert-OH is 1. The molecule has 3 aliphatic rings. The number of amides is 2. The van der Waals surface area contributed by atoms with Crippen LogP contribution in [0.2, 0.25) is 18.6 Å². The summed E-state index contributed by atoms with van der Waals surface area (Å²) in [6.07, 6.45) is 1.39. The molecule has 3 aromatic carbocycles. The van der Waals surface area contributed by atoms with Crippen LogP contribution in [-0.2, 0) is 33.0 Å². The number of nitro groups is 1. The van der Waals surface area contributed by atoms with E-state index < -0.39 is 36.5 Å². The normalized spacial score (nSPS) is 23.8. The average molecular weight is 728 g/mol. The van der Waals surface area contributed by atoms with Gasteiger partial charge in [-0.2, -0.15) is 0 Å². The van der Waals surface area contributed by atoms with Gasteiger partial charge in [-0.15, -0.1) is 5.10 Å². The molecule has 13 nitrogen and oxygen atoms in total. The summed E-state index contributed by atoms with van der Waals surface area (Å²) in [6, 6.07) is 21.3. The van der Waals surface area contributed by atoms with E-state index in [2.05, 4.69) is 15.6 Å². The van der Waals surface area contributed by atoms with E-state index in [9.17, 15) is 24.8 Å². The Balaban J connectivity index is 1.18. The number of nitrogens with one attached hydrogen (secondary N) is 1. The minimum absolute atomic E-state index is 0.0206. The number of anilines is 2. The molecule has 3 aliphatic heterocycles. The van der Waals surface area contributed by atoms with Crippen LogP contribution in [0.1, 0.15) is 41.6 Å². The van der Waals surface area contributed by atoms with Gasteiger partial charge >= 0.3 is 0 Å². The summed E-state index contributed by atoms with van der Waals surface area (Å²) in [6.45, 7) is 6.87. The number of nitrogens with zero attached hydrogens (tertiary/aromatic N) is 6. The number of fused-ring (bicyclic) bond motifs is 2. The number of aliphatic hydroxyl groups is 1. The van der Waals surface area contributed by atoms with Gasteiger partial charge in [0.15, 0.2) is 5.60 Å². The zero-order chi connectivity index (χ0) is 36.8. The van der Waals surface area contributed by atoms with Crippen molar-refractivity contribution in [3.8, 4) is 0 Å². The topological polar surface area (TPSA) is 156 Å². The van der Waals surface area contributed by atoms with Gasteiger partial charge in [-0.05, 0) is 48.8 Å². The van der Waals surface area contributed by atoms with Crippen LogP contribution in [0.4, 0.5) is 21.2 Å². The lowest BCUT2D eigenvalue weighted by Crippen LogP contribution is -2.48. The summed E-state index contributed by atoms with van der Waals surface area (Å²) >= 11 is 0. The molecule has 2 amide bonds. The van der Waals surface area contributed by atoms with Gasteiger partial charge in [0.2, 0.25) is 14.3 Å². The van der Waals surface area contributed by atoms with E-state index in [-0.39, 0.29) is 43.1 Å². The van der Waals surface area contributed by atoms with Gasteiger partial charge in [0.1, 0.15) is 0 Å². The Hall–Kier alpha value is -4.83. The van der Waals surface area contributed by atoms with Crippen LogP contribution >= 0.6 is 0 Å². The summed E-state index contributed by atoms with van der Waals surface area (Å²) in [5, 5.41) is 33.8. The number of halogens is 1. The van der Waals surface area contributed by atoms with Crippen molar-refractivity contribution in [1.82, 2.24) is 20.3 Å². The number of carbonyl (C=O) groups is 2. The third kappa shape index (κ3) is 6.31. The maximum Gasteiger partial charge on any atom is 0.269 e. The summed E-state index contributed by atoms with van der Waals surface area (Å²) in [5.41, 5.74) is 1.47. The SMILES string of the molecule is C[C@@H]1[C@@H]([Si](C)(C)F)[C@H](CCn2cc(C(CO)c3ccccc3)nn2)O[C@@]12C(=O)N(Cc1ccc(N3CCNCC3=O)cc1)c1ccc([N+](=O)[O-])cc12. The Bertz CT molecular complexity index is 1970. The van der Waals surface area contributed by atoms with E-state index in [0.717, 1.165) is 16.8 Å². The van der Waals surface area contributed by atoms with Gasteiger partial charge in [0.25, 0.3) is 11.6 Å². The highest BCUT2D eigenvalue weighted by atomic mass is 28.4. The first kappa shape index (κ1) is 35.6. The van der Waals surface area contributed by atoms with Gasteiger partial charge in [-0.25, -0.2) is 0 Å². The number of carbonyl (C=O) groups excluding carboxylic acids is 2. The van der Waals surface area contributed by atoms with Gasteiger partial charge < -0.3 is 29.1 Å². The maximum atomic E-state index is 16.4. The van der Waals surface area contributed by atoms with Gasteiger partial charge in [-0.1, -0.05) is 54.6 Å². The second-order valence-corrected chi connectivity index (χ2v) is 18.1. The van der Waals surface area contributed by atoms with Crippen molar-refractivity contribution in [3.63, 3.8) is 0 Å². The molecule has 0 bridgehead atoms.